The van der Waals surface area contributed by atoms with Gasteiger partial charge in [0.25, 0.3) is 5.56 Å². The molecule has 0 fully saturated rings. The van der Waals surface area contributed by atoms with Crippen LogP contribution in [0.3, 0.4) is 0 Å². The minimum Gasteiger partial charge on any atom is -0.490 e. The number of nitrogens with zero attached hydrogens (tertiary/aromatic N) is 3. The lowest BCUT2D eigenvalue weighted by Crippen LogP contribution is -2.23. The minimum absolute atomic E-state index is 0.0817. The fourth-order valence-corrected chi connectivity index (χ4v) is 3.54. The van der Waals surface area contributed by atoms with Crippen molar-refractivity contribution in [2.45, 2.75) is 59.5 Å². The van der Waals surface area contributed by atoms with Crippen molar-refractivity contribution in [2.24, 2.45) is 5.10 Å². The van der Waals surface area contributed by atoms with Crippen LogP contribution < -0.4 is 15.0 Å². The van der Waals surface area contributed by atoms with Crippen LogP contribution in [0, 0.1) is 0 Å². The molecule has 0 saturated carbocycles. The molecule has 0 bridgehead atoms. The number of benzene rings is 2. The molecule has 170 valence electrons. The standard InChI is InChI=1S/C25H30BrN3O3/c1-6-16(4)24-28-21-11-10-19(26)14-20(21)25(30)29(24)27-15-18-9-12-22(32-17(5)7-2)23(13-18)31-8-3/h9-17H,6-8H2,1-5H3/t16-,17-/m1/s1. The molecule has 2 aromatic carbocycles. The molecule has 0 unspecified atom stereocenters. The molecule has 32 heavy (non-hydrogen) atoms. The van der Waals surface area contributed by atoms with Crippen molar-refractivity contribution < 1.29 is 9.47 Å². The zero-order chi connectivity index (χ0) is 23.3. The maximum absolute atomic E-state index is 13.3. The van der Waals surface area contributed by atoms with Gasteiger partial charge >= 0.3 is 0 Å². The van der Waals surface area contributed by atoms with Crippen molar-refractivity contribution in [3.8, 4) is 11.5 Å². The van der Waals surface area contributed by atoms with E-state index in [1.165, 1.54) is 4.68 Å². The summed E-state index contributed by atoms with van der Waals surface area (Å²) >= 11 is 3.44. The van der Waals surface area contributed by atoms with Gasteiger partial charge in [0.1, 0.15) is 5.82 Å². The predicted molar refractivity (Wildman–Crippen MR) is 133 cm³/mol. The Morgan fingerprint density at radius 2 is 1.88 bits per heavy atom. The van der Waals surface area contributed by atoms with Gasteiger partial charge in [0.15, 0.2) is 11.5 Å². The summed E-state index contributed by atoms with van der Waals surface area (Å²) in [6, 6.07) is 11.2. The summed E-state index contributed by atoms with van der Waals surface area (Å²) in [5, 5.41) is 5.06. The normalized spacial score (nSPS) is 13.4. The maximum Gasteiger partial charge on any atom is 0.282 e. The fourth-order valence-electron chi connectivity index (χ4n) is 3.17. The summed E-state index contributed by atoms with van der Waals surface area (Å²) in [7, 11) is 0. The lowest BCUT2D eigenvalue weighted by atomic mass is 10.1. The average Bonchev–Trinajstić information content (AvgIpc) is 2.79. The monoisotopic (exact) mass is 499 g/mol. The van der Waals surface area contributed by atoms with Crippen LogP contribution >= 0.6 is 15.9 Å². The van der Waals surface area contributed by atoms with Gasteiger partial charge in [0.2, 0.25) is 0 Å². The predicted octanol–water partition coefficient (Wildman–Crippen LogP) is 6.13. The zero-order valence-corrected chi connectivity index (χ0v) is 20.8. The molecule has 0 amide bonds. The largest absolute Gasteiger partial charge is 0.490 e. The number of ether oxygens (including phenoxy) is 2. The van der Waals surface area contributed by atoms with E-state index in [-0.39, 0.29) is 17.6 Å². The highest BCUT2D eigenvalue weighted by molar-refractivity contribution is 9.10. The Labute approximate surface area is 197 Å². The summed E-state index contributed by atoms with van der Waals surface area (Å²) in [6.07, 6.45) is 3.50. The Hall–Kier alpha value is -2.67. The van der Waals surface area contributed by atoms with Crippen LogP contribution in [0.1, 0.15) is 64.8 Å². The van der Waals surface area contributed by atoms with Gasteiger partial charge in [-0.05, 0) is 68.7 Å². The van der Waals surface area contributed by atoms with Crippen LogP contribution in [-0.4, -0.2) is 28.6 Å². The zero-order valence-electron chi connectivity index (χ0n) is 19.3. The minimum atomic E-state index is -0.190. The van der Waals surface area contributed by atoms with E-state index < -0.39 is 0 Å². The molecule has 3 aromatic rings. The van der Waals surface area contributed by atoms with Gasteiger partial charge in [0.05, 0.1) is 29.8 Å². The number of fused-ring (bicyclic) bond motifs is 1. The van der Waals surface area contributed by atoms with Crippen molar-refractivity contribution in [3.63, 3.8) is 0 Å². The van der Waals surface area contributed by atoms with Crippen molar-refractivity contribution in [3.05, 3.63) is 62.6 Å². The Balaban J connectivity index is 2.06. The van der Waals surface area contributed by atoms with E-state index in [1.54, 1.807) is 12.3 Å². The van der Waals surface area contributed by atoms with Gasteiger partial charge in [-0.15, -0.1) is 0 Å². The third-order valence-electron chi connectivity index (χ3n) is 5.38. The van der Waals surface area contributed by atoms with Gasteiger partial charge in [-0.2, -0.15) is 9.78 Å². The molecule has 1 heterocycles. The van der Waals surface area contributed by atoms with Crippen molar-refractivity contribution in [1.82, 2.24) is 9.66 Å². The molecule has 3 rings (SSSR count). The second kappa shape index (κ2) is 10.8. The van der Waals surface area contributed by atoms with E-state index in [0.717, 1.165) is 22.9 Å². The maximum atomic E-state index is 13.3. The Morgan fingerprint density at radius 3 is 2.56 bits per heavy atom. The van der Waals surface area contributed by atoms with Crippen molar-refractivity contribution in [2.75, 3.05) is 6.61 Å². The molecule has 2 atom stereocenters. The first-order valence-corrected chi connectivity index (χ1v) is 11.9. The van der Waals surface area contributed by atoms with E-state index in [9.17, 15) is 4.79 Å². The first-order valence-electron chi connectivity index (χ1n) is 11.1. The van der Waals surface area contributed by atoms with Gasteiger partial charge < -0.3 is 9.47 Å². The van der Waals surface area contributed by atoms with Crippen molar-refractivity contribution in [1.29, 1.82) is 0 Å². The molecular formula is C25H30BrN3O3. The smallest absolute Gasteiger partial charge is 0.282 e. The molecule has 0 aliphatic carbocycles. The molecule has 0 aliphatic heterocycles. The second-order valence-corrected chi connectivity index (χ2v) is 8.69. The average molecular weight is 500 g/mol. The van der Waals surface area contributed by atoms with Gasteiger partial charge in [-0.25, -0.2) is 4.98 Å². The molecular weight excluding hydrogens is 470 g/mol. The van der Waals surface area contributed by atoms with Crippen molar-refractivity contribution >= 4 is 33.0 Å². The first-order chi connectivity index (χ1) is 15.4. The second-order valence-electron chi connectivity index (χ2n) is 7.78. The molecule has 0 N–H and O–H groups in total. The molecule has 0 aliphatic rings. The highest BCUT2D eigenvalue weighted by atomic mass is 79.9. The van der Waals surface area contributed by atoms with Crippen LogP contribution in [0.15, 0.2) is 50.8 Å². The molecule has 6 nitrogen and oxygen atoms in total. The summed E-state index contributed by atoms with van der Waals surface area (Å²) in [6.45, 7) is 10.7. The van der Waals surface area contributed by atoms with E-state index >= 15 is 0 Å². The molecule has 1 aromatic heterocycles. The number of aromatic nitrogens is 2. The third-order valence-corrected chi connectivity index (χ3v) is 5.87. The SMILES string of the molecule is CCOc1cc(C=Nn2c([C@H](C)CC)nc3ccc(Br)cc3c2=O)ccc1O[C@H](C)CC. The molecule has 0 spiro atoms. The summed E-state index contributed by atoms with van der Waals surface area (Å²) in [5.41, 5.74) is 1.29. The van der Waals surface area contributed by atoms with E-state index in [1.807, 2.05) is 51.1 Å². The van der Waals surface area contributed by atoms with Gasteiger partial charge in [-0.3, -0.25) is 4.79 Å². The lowest BCUT2D eigenvalue weighted by Gasteiger charge is -2.16. The fraction of sp³-hybridized carbons (Fsp3) is 0.400. The number of hydrogen-bond acceptors (Lipinski definition) is 5. The van der Waals surface area contributed by atoms with E-state index in [2.05, 4.69) is 34.9 Å². The van der Waals surface area contributed by atoms with Crippen LogP contribution in [0.4, 0.5) is 0 Å². The number of halogens is 1. The summed E-state index contributed by atoms with van der Waals surface area (Å²) in [4.78, 5) is 18.0. The highest BCUT2D eigenvalue weighted by Crippen LogP contribution is 2.29. The lowest BCUT2D eigenvalue weighted by molar-refractivity contribution is 0.203. The quantitative estimate of drug-likeness (QED) is 0.332. The summed E-state index contributed by atoms with van der Waals surface area (Å²) < 4.78 is 14.0. The van der Waals surface area contributed by atoms with Crippen LogP contribution in [-0.2, 0) is 0 Å². The Morgan fingerprint density at radius 1 is 1.09 bits per heavy atom. The first kappa shape index (κ1) is 24.0. The van der Waals surface area contributed by atoms with Crippen LogP contribution in [0.25, 0.3) is 10.9 Å². The molecule has 7 heteroatoms. The molecule has 0 radical (unpaired) electrons. The Bertz CT molecular complexity index is 1170. The van der Waals surface area contributed by atoms with Gasteiger partial charge in [0, 0.05) is 10.4 Å². The number of hydrogen-bond donors (Lipinski definition) is 0. The van der Waals surface area contributed by atoms with Crippen LogP contribution in [0.5, 0.6) is 11.5 Å². The highest BCUT2D eigenvalue weighted by Gasteiger charge is 2.16. The van der Waals surface area contributed by atoms with E-state index in [4.69, 9.17) is 14.5 Å². The Kier molecular flexibility index (Phi) is 8.07. The number of rotatable bonds is 9. The summed E-state index contributed by atoms with van der Waals surface area (Å²) in [5.74, 6) is 2.09. The third kappa shape index (κ3) is 5.38. The van der Waals surface area contributed by atoms with Crippen LogP contribution in [0.2, 0.25) is 0 Å². The van der Waals surface area contributed by atoms with Gasteiger partial charge in [-0.1, -0.05) is 36.7 Å². The molecule has 0 saturated heterocycles. The van der Waals surface area contributed by atoms with E-state index in [0.29, 0.717) is 34.8 Å². The topological polar surface area (TPSA) is 65.7 Å².